The molecule has 0 atom stereocenters. The molecular formula is C21H34MgO4. The molecule has 2 N–H and O–H groups in total. The SMILES string of the molecule is CCCCCCCCCCCCC(C(=O)O)(C(=O)O)c1ccccc1.[H-].[H-].[Mg+2]. The average Bonchev–Trinajstić information content (AvgIpc) is 2.60. The van der Waals surface area contributed by atoms with Gasteiger partial charge in [0.2, 0.25) is 0 Å². The minimum Gasteiger partial charge on any atom is -1.00 e. The van der Waals surface area contributed by atoms with Crippen LogP contribution in [0.15, 0.2) is 30.3 Å². The third-order valence-electron chi connectivity index (χ3n) is 4.90. The van der Waals surface area contributed by atoms with Crippen LogP contribution >= 0.6 is 0 Å². The number of carboxylic acids is 2. The molecule has 0 aromatic heterocycles. The van der Waals surface area contributed by atoms with Gasteiger partial charge in [-0.1, -0.05) is 101 Å². The molecule has 0 aliphatic heterocycles. The van der Waals surface area contributed by atoms with Gasteiger partial charge in [-0.2, -0.15) is 0 Å². The van der Waals surface area contributed by atoms with E-state index in [0.717, 1.165) is 19.3 Å². The Bertz CT molecular complexity index is 512. The van der Waals surface area contributed by atoms with Crippen molar-refractivity contribution in [1.82, 2.24) is 0 Å². The van der Waals surface area contributed by atoms with Crippen molar-refractivity contribution in [2.75, 3.05) is 0 Å². The predicted octanol–water partition coefficient (Wildman–Crippen LogP) is 5.25. The summed E-state index contributed by atoms with van der Waals surface area (Å²) in [5.74, 6) is -2.55. The number of unbranched alkanes of at least 4 members (excludes halogenated alkanes) is 9. The maximum Gasteiger partial charge on any atom is 2.00 e. The summed E-state index contributed by atoms with van der Waals surface area (Å²) in [5, 5.41) is 19.2. The van der Waals surface area contributed by atoms with Gasteiger partial charge in [0.05, 0.1) is 0 Å². The van der Waals surface area contributed by atoms with Crippen LogP contribution in [-0.2, 0) is 15.0 Å². The fourth-order valence-electron chi connectivity index (χ4n) is 3.30. The van der Waals surface area contributed by atoms with Crippen LogP contribution in [-0.4, -0.2) is 45.2 Å². The van der Waals surface area contributed by atoms with Crippen molar-refractivity contribution < 1.29 is 22.7 Å². The van der Waals surface area contributed by atoms with Crippen LogP contribution in [0.3, 0.4) is 0 Å². The van der Waals surface area contributed by atoms with Crippen LogP contribution in [0.25, 0.3) is 0 Å². The molecule has 0 unspecified atom stereocenters. The summed E-state index contributed by atoms with van der Waals surface area (Å²) in [6, 6.07) is 8.33. The number of hydrogen-bond acceptors (Lipinski definition) is 2. The van der Waals surface area contributed by atoms with Gasteiger partial charge < -0.3 is 13.1 Å². The van der Waals surface area contributed by atoms with E-state index in [1.54, 1.807) is 30.3 Å². The molecule has 0 heterocycles. The Morgan fingerprint density at radius 3 is 1.65 bits per heavy atom. The largest absolute Gasteiger partial charge is 2.00 e. The van der Waals surface area contributed by atoms with E-state index in [-0.39, 0.29) is 32.3 Å². The van der Waals surface area contributed by atoms with Gasteiger partial charge in [-0.15, -0.1) is 0 Å². The maximum absolute atomic E-state index is 11.8. The van der Waals surface area contributed by atoms with Crippen LogP contribution in [0, 0.1) is 0 Å². The third kappa shape index (κ3) is 7.66. The van der Waals surface area contributed by atoms with Gasteiger partial charge >= 0.3 is 35.0 Å². The summed E-state index contributed by atoms with van der Waals surface area (Å²) < 4.78 is 0. The van der Waals surface area contributed by atoms with Crippen molar-refractivity contribution in [2.45, 2.75) is 83.0 Å². The normalized spacial score (nSPS) is 11.0. The van der Waals surface area contributed by atoms with E-state index in [0.29, 0.717) is 12.0 Å². The molecule has 0 spiro atoms. The zero-order valence-corrected chi connectivity index (χ0v) is 17.5. The summed E-state index contributed by atoms with van der Waals surface area (Å²) in [5.41, 5.74) is -1.48. The summed E-state index contributed by atoms with van der Waals surface area (Å²) in [6.07, 6.45) is 11.5. The second-order valence-corrected chi connectivity index (χ2v) is 6.81. The minimum absolute atomic E-state index is 0. The van der Waals surface area contributed by atoms with E-state index in [4.69, 9.17) is 0 Å². The van der Waals surface area contributed by atoms with E-state index >= 15 is 0 Å². The molecule has 0 amide bonds. The first-order chi connectivity index (χ1) is 12.1. The van der Waals surface area contributed by atoms with Crippen molar-refractivity contribution in [3.05, 3.63) is 35.9 Å². The van der Waals surface area contributed by atoms with E-state index in [1.165, 1.54) is 38.5 Å². The fraction of sp³-hybridized carbons (Fsp3) is 0.619. The summed E-state index contributed by atoms with van der Waals surface area (Å²) >= 11 is 0. The summed E-state index contributed by atoms with van der Waals surface area (Å²) in [4.78, 5) is 23.5. The molecule has 1 aromatic carbocycles. The molecule has 0 aliphatic carbocycles. The number of hydrogen-bond donors (Lipinski definition) is 2. The van der Waals surface area contributed by atoms with E-state index in [1.807, 2.05) is 0 Å². The molecule has 5 heteroatoms. The zero-order chi connectivity index (χ0) is 18.5. The van der Waals surface area contributed by atoms with Gasteiger partial charge in [-0.3, -0.25) is 9.59 Å². The number of rotatable bonds is 14. The first-order valence-corrected chi connectivity index (χ1v) is 9.58. The van der Waals surface area contributed by atoms with Crippen LogP contribution in [0.1, 0.15) is 86.0 Å². The van der Waals surface area contributed by atoms with Gasteiger partial charge in [-0.25, -0.2) is 0 Å². The molecule has 0 aliphatic rings. The second kappa shape index (κ2) is 14.0. The Balaban J connectivity index is -0.00000208. The number of carbonyl (C=O) groups is 2. The van der Waals surface area contributed by atoms with Gasteiger partial charge in [0.1, 0.15) is 0 Å². The van der Waals surface area contributed by atoms with Crippen LogP contribution in [0.4, 0.5) is 0 Å². The minimum atomic E-state index is -1.83. The quantitative estimate of drug-likeness (QED) is 0.265. The van der Waals surface area contributed by atoms with Crippen LogP contribution < -0.4 is 0 Å². The van der Waals surface area contributed by atoms with Gasteiger partial charge in [0.25, 0.3) is 0 Å². The molecule has 0 fully saturated rings. The molecule has 1 rings (SSSR count). The van der Waals surface area contributed by atoms with Gasteiger partial charge in [0, 0.05) is 0 Å². The third-order valence-corrected chi connectivity index (χ3v) is 4.90. The van der Waals surface area contributed by atoms with Crippen LogP contribution in [0.5, 0.6) is 0 Å². The second-order valence-electron chi connectivity index (χ2n) is 6.81. The molecule has 144 valence electrons. The molecule has 4 nitrogen and oxygen atoms in total. The van der Waals surface area contributed by atoms with E-state index < -0.39 is 17.4 Å². The first kappa shape index (κ1) is 24.9. The standard InChI is InChI=1S/C21H32O4.Mg.2H/c1-2-3-4-5-6-7-8-9-10-14-17-21(19(22)23,20(24)25)18-15-12-11-13-16-18;;;/h11-13,15-16H,2-10,14,17H2,1H3,(H,22,23)(H,24,25);;;/q;+2;2*-1. The summed E-state index contributed by atoms with van der Waals surface area (Å²) in [7, 11) is 0. The van der Waals surface area contributed by atoms with E-state index in [9.17, 15) is 19.8 Å². The van der Waals surface area contributed by atoms with E-state index in [2.05, 4.69) is 6.92 Å². The number of aliphatic carboxylic acids is 2. The van der Waals surface area contributed by atoms with Crippen LogP contribution in [0.2, 0.25) is 0 Å². The zero-order valence-electron chi connectivity index (χ0n) is 18.1. The van der Waals surface area contributed by atoms with Crippen molar-refractivity contribution >= 4 is 35.0 Å². The number of carboxylic acid groups (broad SMARTS) is 2. The molecular weight excluding hydrogens is 341 g/mol. The van der Waals surface area contributed by atoms with Gasteiger partial charge in [-0.05, 0) is 12.0 Å². The Morgan fingerprint density at radius 2 is 1.23 bits per heavy atom. The Hall–Kier alpha value is -1.07. The molecule has 0 radical (unpaired) electrons. The smallest absolute Gasteiger partial charge is 1.00 e. The van der Waals surface area contributed by atoms with Crippen molar-refractivity contribution in [3.8, 4) is 0 Å². The monoisotopic (exact) mass is 374 g/mol. The Labute approximate surface area is 176 Å². The Kier molecular flexibility index (Phi) is 13.5. The topological polar surface area (TPSA) is 74.6 Å². The Morgan fingerprint density at radius 1 is 0.808 bits per heavy atom. The predicted molar refractivity (Wildman–Crippen MR) is 108 cm³/mol. The first-order valence-electron chi connectivity index (χ1n) is 9.58. The number of benzene rings is 1. The van der Waals surface area contributed by atoms with Crippen molar-refractivity contribution in [3.63, 3.8) is 0 Å². The van der Waals surface area contributed by atoms with Crippen molar-refractivity contribution in [1.29, 1.82) is 0 Å². The van der Waals surface area contributed by atoms with Crippen molar-refractivity contribution in [2.24, 2.45) is 0 Å². The maximum atomic E-state index is 11.8. The fourth-order valence-corrected chi connectivity index (χ4v) is 3.30. The molecule has 1 aromatic rings. The average molecular weight is 375 g/mol. The molecule has 0 bridgehead atoms. The molecule has 0 saturated heterocycles. The van der Waals surface area contributed by atoms with Gasteiger partial charge in [0.15, 0.2) is 5.41 Å². The molecule has 26 heavy (non-hydrogen) atoms. The summed E-state index contributed by atoms with van der Waals surface area (Å²) in [6.45, 7) is 2.21. The molecule has 0 saturated carbocycles.